The van der Waals surface area contributed by atoms with Gasteiger partial charge in [-0.1, -0.05) is 239 Å². The molecule has 1 atom stereocenters. The van der Waals surface area contributed by atoms with Crippen molar-refractivity contribution in [2.24, 2.45) is 5.92 Å². The number of aryl methyl sites for hydroxylation is 2. The molecule has 0 aliphatic heterocycles. The minimum absolute atomic E-state index is 0.257. The van der Waals surface area contributed by atoms with Crippen molar-refractivity contribution in [3.8, 4) is 55.6 Å². The van der Waals surface area contributed by atoms with Gasteiger partial charge in [0, 0.05) is 0 Å². The third-order valence-electron chi connectivity index (χ3n) is 12.6. The largest absolute Gasteiger partial charge is 0.0729 e. The average molecular weight is 841 g/mol. The molecule has 65 heavy (non-hydrogen) atoms. The minimum Gasteiger partial charge on any atom is -0.0729 e. The van der Waals surface area contributed by atoms with E-state index in [0.29, 0.717) is 0 Å². The van der Waals surface area contributed by atoms with Crippen LogP contribution in [-0.2, 0) is 12.8 Å². The predicted molar refractivity (Wildman–Crippen MR) is 281 cm³/mol. The lowest BCUT2D eigenvalue weighted by molar-refractivity contribution is 0.721. The number of hydrogen-bond acceptors (Lipinski definition) is 0. The van der Waals surface area contributed by atoms with Crippen molar-refractivity contribution in [3.05, 3.63) is 269 Å². The summed E-state index contributed by atoms with van der Waals surface area (Å²) < 4.78 is 0. The molecule has 0 heteroatoms. The van der Waals surface area contributed by atoms with E-state index in [9.17, 15) is 0 Å². The number of allylic oxidation sites excluding steroid dienone is 1. The van der Waals surface area contributed by atoms with E-state index in [4.69, 9.17) is 0 Å². The van der Waals surface area contributed by atoms with Crippen molar-refractivity contribution in [2.45, 2.75) is 54.4 Å². The van der Waals surface area contributed by atoms with Gasteiger partial charge in [0.2, 0.25) is 0 Å². The molecule has 0 spiro atoms. The van der Waals surface area contributed by atoms with Crippen molar-refractivity contribution in [1.29, 1.82) is 0 Å². The highest BCUT2D eigenvalue weighted by atomic mass is 14.3. The molecule has 1 unspecified atom stereocenters. The van der Waals surface area contributed by atoms with Gasteiger partial charge in [-0.15, -0.1) is 0 Å². The molecule has 0 aromatic heterocycles. The van der Waals surface area contributed by atoms with Gasteiger partial charge >= 0.3 is 0 Å². The van der Waals surface area contributed by atoms with Gasteiger partial charge in [0.15, 0.2) is 0 Å². The van der Waals surface area contributed by atoms with E-state index >= 15 is 0 Å². The quantitative estimate of drug-likeness (QED) is 0.136. The molecule has 0 N–H and O–H groups in total. The third-order valence-corrected chi connectivity index (χ3v) is 12.6. The van der Waals surface area contributed by atoms with E-state index in [1.807, 2.05) is 32.0 Å². The van der Waals surface area contributed by atoms with Crippen LogP contribution in [0.25, 0.3) is 61.2 Å². The molecule has 320 valence electrons. The standard InChI is InChI=1S/C56H46.C7H8.C2H6/c1-38(34-55-52(48-27-12-10-17-39(48)2)31-32-53-51-28-13-11-22-47(51)37-56(53)55)33-54(50-30-16-29-49(40(50)3)42-20-8-5-9-21-42)46-26-15-25-45(36-46)44-24-14-23-43(35-44)41-18-6-4-7-19-41;1-7-5-3-2-4-6-7;1-2/h4-33,35-36,38H,34,37H2,1-3H3;2-6H,1H3;1-2H3/b54-33-;;. The van der Waals surface area contributed by atoms with Crippen molar-refractivity contribution < 1.29 is 0 Å². The Morgan fingerprint density at radius 1 is 0.446 bits per heavy atom. The molecule has 0 radical (unpaired) electrons. The molecule has 0 fully saturated rings. The molecule has 0 saturated heterocycles. The van der Waals surface area contributed by atoms with Gasteiger partial charge in [0.25, 0.3) is 0 Å². The summed E-state index contributed by atoms with van der Waals surface area (Å²) in [5, 5.41) is 0. The summed E-state index contributed by atoms with van der Waals surface area (Å²) in [5.74, 6) is 0.257. The lowest BCUT2D eigenvalue weighted by Crippen LogP contribution is -2.05. The van der Waals surface area contributed by atoms with Gasteiger partial charge in [0.1, 0.15) is 0 Å². The monoisotopic (exact) mass is 840 g/mol. The van der Waals surface area contributed by atoms with Crippen LogP contribution in [-0.4, -0.2) is 0 Å². The van der Waals surface area contributed by atoms with Crippen LogP contribution in [0.3, 0.4) is 0 Å². The Morgan fingerprint density at radius 3 is 1.65 bits per heavy atom. The zero-order valence-corrected chi connectivity index (χ0v) is 38.9. The Hall–Kier alpha value is -7.28. The molecule has 9 aromatic rings. The van der Waals surface area contributed by atoms with E-state index in [-0.39, 0.29) is 5.92 Å². The van der Waals surface area contributed by atoms with E-state index in [2.05, 4.69) is 234 Å². The number of fused-ring (bicyclic) bond motifs is 3. The lowest BCUT2D eigenvalue weighted by atomic mass is 9.83. The summed E-state index contributed by atoms with van der Waals surface area (Å²) >= 11 is 0. The molecular weight excluding hydrogens is 781 g/mol. The van der Waals surface area contributed by atoms with Crippen molar-refractivity contribution >= 4 is 5.57 Å². The lowest BCUT2D eigenvalue weighted by Gasteiger charge is -2.21. The summed E-state index contributed by atoms with van der Waals surface area (Å²) in [6, 6.07) is 79.3. The summed E-state index contributed by atoms with van der Waals surface area (Å²) in [6.45, 7) is 13.0. The van der Waals surface area contributed by atoms with E-state index in [1.165, 1.54) is 106 Å². The summed E-state index contributed by atoms with van der Waals surface area (Å²) in [4.78, 5) is 0. The second-order valence-corrected chi connectivity index (χ2v) is 17.1. The van der Waals surface area contributed by atoms with Crippen LogP contribution in [0, 0.1) is 26.7 Å². The Morgan fingerprint density at radius 2 is 0.969 bits per heavy atom. The Bertz CT molecular complexity index is 3020. The third kappa shape index (κ3) is 10.1. The van der Waals surface area contributed by atoms with Gasteiger partial charge in [-0.3, -0.25) is 0 Å². The molecular formula is C65H60. The SMILES string of the molecule is CC.Cc1ccccc1.Cc1ccccc1-c1ccc2c(c1CC(C)/C=C(/c1cccc(-c3cccc(-c4ccccc4)c3)c1)c1cccc(-c3ccccc3)c1C)Cc1ccccc1-2. The highest BCUT2D eigenvalue weighted by Crippen LogP contribution is 2.44. The normalized spacial score (nSPS) is 11.9. The molecule has 1 aliphatic rings. The second-order valence-electron chi connectivity index (χ2n) is 17.1. The number of rotatable bonds is 9. The molecule has 1 aliphatic carbocycles. The van der Waals surface area contributed by atoms with Gasteiger partial charge in [-0.05, 0) is 152 Å². The zero-order valence-electron chi connectivity index (χ0n) is 38.9. The number of hydrogen-bond donors (Lipinski definition) is 0. The highest BCUT2D eigenvalue weighted by molar-refractivity contribution is 5.88. The van der Waals surface area contributed by atoms with Gasteiger partial charge in [0.05, 0.1) is 0 Å². The first-order valence-corrected chi connectivity index (χ1v) is 23.4. The molecule has 0 bridgehead atoms. The molecule has 0 nitrogen and oxygen atoms in total. The Labute approximate surface area is 388 Å². The van der Waals surface area contributed by atoms with Crippen LogP contribution in [0.1, 0.15) is 65.3 Å². The van der Waals surface area contributed by atoms with Gasteiger partial charge < -0.3 is 0 Å². The molecule has 0 amide bonds. The fourth-order valence-corrected chi connectivity index (χ4v) is 9.41. The molecule has 0 saturated carbocycles. The molecule has 9 aromatic carbocycles. The maximum atomic E-state index is 2.56. The zero-order chi connectivity index (χ0) is 45.1. The fourth-order valence-electron chi connectivity index (χ4n) is 9.41. The molecule has 10 rings (SSSR count). The maximum absolute atomic E-state index is 2.56. The van der Waals surface area contributed by atoms with Crippen molar-refractivity contribution in [2.75, 3.05) is 0 Å². The maximum Gasteiger partial charge on any atom is -0.00105 e. The van der Waals surface area contributed by atoms with Crippen LogP contribution >= 0.6 is 0 Å². The topological polar surface area (TPSA) is 0 Å². The fraction of sp³-hybridized carbons (Fsp3) is 0.138. The summed E-state index contributed by atoms with van der Waals surface area (Å²) in [6.07, 6.45) is 4.48. The summed E-state index contributed by atoms with van der Waals surface area (Å²) in [7, 11) is 0. The van der Waals surface area contributed by atoms with Crippen LogP contribution in [0.2, 0.25) is 0 Å². The first-order chi connectivity index (χ1) is 31.9. The van der Waals surface area contributed by atoms with Crippen molar-refractivity contribution in [1.82, 2.24) is 0 Å². The first kappa shape index (κ1) is 44.3. The van der Waals surface area contributed by atoms with Crippen molar-refractivity contribution in [3.63, 3.8) is 0 Å². The molecule has 0 heterocycles. The van der Waals surface area contributed by atoms with E-state index < -0.39 is 0 Å². The first-order valence-electron chi connectivity index (χ1n) is 23.4. The van der Waals surface area contributed by atoms with E-state index in [0.717, 1.165) is 12.8 Å². The average Bonchev–Trinajstić information content (AvgIpc) is 3.75. The van der Waals surface area contributed by atoms with Crippen LogP contribution in [0.4, 0.5) is 0 Å². The summed E-state index contributed by atoms with van der Waals surface area (Å²) in [5.41, 5.74) is 25.0. The highest BCUT2D eigenvalue weighted by Gasteiger charge is 2.25. The van der Waals surface area contributed by atoms with E-state index in [1.54, 1.807) is 0 Å². The Balaban J connectivity index is 0.000000580. The van der Waals surface area contributed by atoms with Crippen LogP contribution in [0.5, 0.6) is 0 Å². The van der Waals surface area contributed by atoms with Crippen LogP contribution in [0.15, 0.2) is 224 Å². The van der Waals surface area contributed by atoms with Gasteiger partial charge in [-0.25, -0.2) is 0 Å². The van der Waals surface area contributed by atoms with Crippen LogP contribution < -0.4 is 0 Å². The number of benzene rings is 9. The Kier molecular flexibility index (Phi) is 14.3. The van der Waals surface area contributed by atoms with Gasteiger partial charge in [-0.2, -0.15) is 0 Å². The predicted octanol–water partition coefficient (Wildman–Crippen LogP) is 17.9. The second kappa shape index (κ2) is 20.9. The minimum atomic E-state index is 0.257. The smallest absolute Gasteiger partial charge is 0.00105 e.